The van der Waals surface area contributed by atoms with Crippen molar-refractivity contribution in [2.45, 2.75) is 32.3 Å². The van der Waals surface area contributed by atoms with Gasteiger partial charge in [-0.1, -0.05) is 19.1 Å². The number of ether oxygens (including phenoxy) is 1. The summed E-state index contributed by atoms with van der Waals surface area (Å²) in [4.78, 5) is 11.7. The van der Waals surface area contributed by atoms with Gasteiger partial charge in [0.25, 0.3) is 0 Å². The van der Waals surface area contributed by atoms with Gasteiger partial charge in [0.05, 0.1) is 12.7 Å². The monoisotopic (exact) mass is 292 g/mol. The number of anilines is 1. The number of carbonyl (C=O) groups excluding carboxylic acids is 1. The summed E-state index contributed by atoms with van der Waals surface area (Å²) in [5.41, 5.74) is 1.92. The molecule has 3 N–H and O–H groups in total. The molecule has 2 rings (SSSR count). The van der Waals surface area contributed by atoms with Gasteiger partial charge in [0.2, 0.25) is 0 Å². The third-order valence-electron chi connectivity index (χ3n) is 3.45. The van der Waals surface area contributed by atoms with Gasteiger partial charge in [-0.2, -0.15) is 0 Å². The Morgan fingerprint density at radius 1 is 1.48 bits per heavy atom. The van der Waals surface area contributed by atoms with E-state index in [9.17, 15) is 9.90 Å². The average molecular weight is 292 g/mol. The first-order valence-corrected chi connectivity index (χ1v) is 7.57. The second-order valence-electron chi connectivity index (χ2n) is 5.52. The van der Waals surface area contributed by atoms with E-state index in [2.05, 4.69) is 17.6 Å². The lowest BCUT2D eigenvalue weighted by atomic mass is 10.1. The van der Waals surface area contributed by atoms with Crippen LogP contribution in [-0.4, -0.2) is 37.0 Å². The first-order chi connectivity index (χ1) is 10.2. The number of benzene rings is 1. The Morgan fingerprint density at radius 2 is 2.29 bits per heavy atom. The molecule has 0 aliphatic heterocycles. The van der Waals surface area contributed by atoms with Crippen LogP contribution in [-0.2, 0) is 11.2 Å². The minimum absolute atomic E-state index is 0.184. The lowest BCUT2D eigenvalue weighted by molar-refractivity contribution is 0.0339. The van der Waals surface area contributed by atoms with Crippen LogP contribution in [0.25, 0.3) is 0 Å². The highest BCUT2D eigenvalue weighted by Crippen LogP contribution is 2.28. The predicted molar refractivity (Wildman–Crippen MR) is 82.4 cm³/mol. The van der Waals surface area contributed by atoms with E-state index in [1.54, 1.807) is 0 Å². The summed E-state index contributed by atoms with van der Waals surface area (Å²) in [6.45, 7) is 3.23. The topological polar surface area (TPSA) is 70.6 Å². The highest BCUT2D eigenvalue weighted by Gasteiger charge is 2.21. The molecule has 5 heteroatoms. The molecule has 1 aliphatic carbocycles. The van der Waals surface area contributed by atoms with Gasteiger partial charge in [-0.3, -0.25) is 0 Å². The number of urea groups is 1. The summed E-state index contributed by atoms with van der Waals surface area (Å²) in [6, 6.07) is 7.39. The van der Waals surface area contributed by atoms with Gasteiger partial charge in [0.1, 0.15) is 0 Å². The standard InChI is InChI=1S/C16H24N2O3/c1-2-12-4-3-5-14(8-12)18-16(20)17-9-15(19)11-21-10-13-6-7-13/h3-5,8,13,15,19H,2,6-7,9-11H2,1H3,(H2,17,18,20). The van der Waals surface area contributed by atoms with Gasteiger partial charge in [-0.15, -0.1) is 0 Å². The van der Waals surface area contributed by atoms with E-state index in [0.717, 1.165) is 12.1 Å². The number of hydrogen-bond acceptors (Lipinski definition) is 3. The van der Waals surface area contributed by atoms with Gasteiger partial charge in [-0.05, 0) is 42.9 Å². The highest BCUT2D eigenvalue weighted by molar-refractivity contribution is 5.89. The minimum Gasteiger partial charge on any atom is -0.389 e. The zero-order chi connectivity index (χ0) is 15.1. The van der Waals surface area contributed by atoms with Crippen molar-refractivity contribution < 1.29 is 14.6 Å². The molecule has 2 amide bonds. The molecule has 1 aromatic carbocycles. The van der Waals surface area contributed by atoms with Crippen LogP contribution in [0.15, 0.2) is 24.3 Å². The molecular formula is C16H24N2O3. The molecule has 0 heterocycles. The van der Waals surface area contributed by atoms with E-state index in [-0.39, 0.29) is 19.2 Å². The molecule has 5 nitrogen and oxygen atoms in total. The van der Waals surface area contributed by atoms with Crippen LogP contribution in [0.2, 0.25) is 0 Å². The van der Waals surface area contributed by atoms with Gasteiger partial charge in [0, 0.05) is 18.8 Å². The van der Waals surface area contributed by atoms with E-state index in [1.807, 2.05) is 24.3 Å². The summed E-state index contributed by atoms with van der Waals surface area (Å²) in [5, 5.41) is 15.1. The minimum atomic E-state index is -0.670. The number of aliphatic hydroxyl groups is 1. The van der Waals surface area contributed by atoms with Gasteiger partial charge in [0.15, 0.2) is 0 Å². The van der Waals surface area contributed by atoms with Gasteiger partial charge < -0.3 is 20.5 Å². The molecule has 1 fully saturated rings. The quantitative estimate of drug-likeness (QED) is 0.687. The molecule has 116 valence electrons. The van der Waals surface area contributed by atoms with Crippen molar-refractivity contribution >= 4 is 11.7 Å². The number of aliphatic hydroxyl groups excluding tert-OH is 1. The largest absolute Gasteiger partial charge is 0.389 e. The third-order valence-corrected chi connectivity index (χ3v) is 3.45. The van der Waals surface area contributed by atoms with Crippen LogP contribution in [0.5, 0.6) is 0 Å². The Kier molecular flexibility index (Phi) is 6.02. The van der Waals surface area contributed by atoms with Crippen LogP contribution < -0.4 is 10.6 Å². The first-order valence-electron chi connectivity index (χ1n) is 7.57. The van der Waals surface area contributed by atoms with E-state index in [1.165, 1.54) is 18.4 Å². The number of amides is 2. The second kappa shape index (κ2) is 8.00. The van der Waals surface area contributed by atoms with Crippen molar-refractivity contribution in [1.29, 1.82) is 0 Å². The van der Waals surface area contributed by atoms with E-state index >= 15 is 0 Å². The van der Waals surface area contributed by atoms with Crippen LogP contribution in [0.3, 0.4) is 0 Å². The van der Waals surface area contributed by atoms with E-state index in [0.29, 0.717) is 12.5 Å². The van der Waals surface area contributed by atoms with Crippen molar-refractivity contribution in [2.24, 2.45) is 5.92 Å². The molecule has 0 aromatic heterocycles. The number of nitrogens with one attached hydrogen (secondary N) is 2. The summed E-state index contributed by atoms with van der Waals surface area (Å²) in [5.74, 6) is 0.680. The first kappa shape index (κ1) is 15.8. The van der Waals surface area contributed by atoms with Crippen molar-refractivity contribution in [1.82, 2.24) is 5.32 Å². The summed E-state index contributed by atoms with van der Waals surface area (Å²) >= 11 is 0. The lowest BCUT2D eigenvalue weighted by Gasteiger charge is -2.13. The molecule has 0 bridgehead atoms. The predicted octanol–water partition coefficient (Wildman–Crippen LogP) is 2.16. The Morgan fingerprint density at radius 3 is 3.00 bits per heavy atom. The van der Waals surface area contributed by atoms with Crippen molar-refractivity contribution in [3.8, 4) is 0 Å². The molecular weight excluding hydrogens is 268 g/mol. The number of rotatable bonds is 8. The molecule has 21 heavy (non-hydrogen) atoms. The van der Waals surface area contributed by atoms with E-state index in [4.69, 9.17) is 4.74 Å². The molecule has 0 radical (unpaired) electrons. The van der Waals surface area contributed by atoms with E-state index < -0.39 is 6.10 Å². The average Bonchev–Trinajstić information content (AvgIpc) is 3.29. The van der Waals surface area contributed by atoms with Gasteiger partial charge >= 0.3 is 6.03 Å². The van der Waals surface area contributed by atoms with Crippen molar-refractivity contribution in [3.05, 3.63) is 29.8 Å². The van der Waals surface area contributed by atoms with Crippen molar-refractivity contribution in [3.63, 3.8) is 0 Å². The maximum Gasteiger partial charge on any atom is 0.319 e. The SMILES string of the molecule is CCc1cccc(NC(=O)NCC(O)COCC2CC2)c1. The molecule has 1 atom stereocenters. The van der Waals surface area contributed by atoms with Crippen LogP contribution in [0.4, 0.5) is 10.5 Å². The van der Waals surface area contributed by atoms with Crippen LogP contribution in [0.1, 0.15) is 25.3 Å². The summed E-state index contributed by atoms with van der Waals surface area (Å²) < 4.78 is 5.38. The van der Waals surface area contributed by atoms with Gasteiger partial charge in [-0.25, -0.2) is 4.79 Å². The Hall–Kier alpha value is -1.59. The maximum absolute atomic E-state index is 11.7. The highest BCUT2D eigenvalue weighted by atomic mass is 16.5. The smallest absolute Gasteiger partial charge is 0.319 e. The number of hydrogen-bond donors (Lipinski definition) is 3. The Bertz CT molecular complexity index is 461. The molecule has 1 aromatic rings. The fraction of sp³-hybridized carbons (Fsp3) is 0.562. The van der Waals surface area contributed by atoms with Crippen LogP contribution in [0, 0.1) is 5.92 Å². The van der Waals surface area contributed by atoms with Crippen LogP contribution >= 0.6 is 0 Å². The molecule has 0 spiro atoms. The number of carbonyl (C=O) groups is 1. The molecule has 0 saturated heterocycles. The zero-order valence-electron chi connectivity index (χ0n) is 12.5. The fourth-order valence-corrected chi connectivity index (χ4v) is 1.97. The van der Waals surface area contributed by atoms with Crippen molar-refractivity contribution in [2.75, 3.05) is 25.1 Å². The molecule has 1 unspecified atom stereocenters. The Labute approximate surface area is 125 Å². The lowest BCUT2D eigenvalue weighted by Crippen LogP contribution is -2.37. The normalized spacial score (nSPS) is 15.5. The summed E-state index contributed by atoms with van der Waals surface area (Å²) in [7, 11) is 0. The molecule has 1 aliphatic rings. The second-order valence-corrected chi connectivity index (χ2v) is 5.52. The molecule has 1 saturated carbocycles. The Balaban J connectivity index is 1.63. The zero-order valence-corrected chi connectivity index (χ0v) is 12.5. The summed E-state index contributed by atoms with van der Waals surface area (Å²) in [6.07, 6.45) is 2.71. The third kappa shape index (κ3) is 6.14. The number of aryl methyl sites for hydroxylation is 1. The fourth-order valence-electron chi connectivity index (χ4n) is 1.97. The maximum atomic E-state index is 11.7.